The van der Waals surface area contributed by atoms with Crippen LogP contribution in [0.15, 0.2) is 18.2 Å². The molecule has 0 saturated heterocycles. The van der Waals surface area contributed by atoms with Gasteiger partial charge in [-0.2, -0.15) is 0 Å². The first-order valence-corrected chi connectivity index (χ1v) is 6.03. The quantitative estimate of drug-likeness (QED) is 0.825. The maximum absolute atomic E-state index is 5.38. The lowest BCUT2D eigenvalue weighted by Gasteiger charge is -2.19. The lowest BCUT2D eigenvalue weighted by Crippen LogP contribution is -2.23. The minimum Gasteiger partial charge on any atom is -0.497 e. The monoisotopic (exact) mass is 237 g/mol. The lowest BCUT2D eigenvalue weighted by molar-refractivity contribution is 0.389. The third kappa shape index (κ3) is 3.93. The molecular formula is C14H23NO2. The summed E-state index contributed by atoms with van der Waals surface area (Å²) in [6.07, 6.45) is 0. The number of hydrogen-bond donors (Lipinski definition) is 1. The molecule has 0 aromatic heterocycles. The van der Waals surface area contributed by atoms with Crippen molar-refractivity contribution in [3.63, 3.8) is 0 Å². The van der Waals surface area contributed by atoms with Crippen molar-refractivity contribution in [3.05, 3.63) is 23.8 Å². The first kappa shape index (κ1) is 13.8. The molecule has 1 unspecified atom stereocenters. The molecule has 0 amide bonds. The van der Waals surface area contributed by atoms with Crippen LogP contribution in [0.2, 0.25) is 0 Å². The highest BCUT2D eigenvalue weighted by molar-refractivity contribution is 5.42. The molecule has 96 valence electrons. The fourth-order valence-electron chi connectivity index (χ4n) is 1.70. The number of nitrogens with one attached hydrogen (secondary N) is 1. The van der Waals surface area contributed by atoms with E-state index in [0.717, 1.165) is 23.6 Å². The van der Waals surface area contributed by atoms with E-state index in [0.29, 0.717) is 5.92 Å². The van der Waals surface area contributed by atoms with Gasteiger partial charge in [-0.25, -0.2) is 0 Å². The molecule has 1 aromatic carbocycles. The maximum Gasteiger partial charge on any atom is 0.123 e. The highest BCUT2D eigenvalue weighted by Gasteiger charge is 2.12. The fourth-order valence-corrected chi connectivity index (χ4v) is 1.70. The van der Waals surface area contributed by atoms with Crippen molar-refractivity contribution in [2.75, 3.05) is 20.8 Å². The minimum absolute atomic E-state index is 0.252. The van der Waals surface area contributed by atoms with Gasteiger partial charge in [0, 0.05) is 11.6 Å². The molecule has 3 nitrogen and oxygen atoms in total. The minimum atomic E-state index is 0.252. The van der Waals surface area contributed by atoms with Crippen LogP contribution in [0.3, 0.4) is 0 Å². The molecule has 0 spiro atoms. The summed E-state index contributed by atoms with van der Waals surface area (Å²) in [5.41, 5.74) is 1.13. The van der Waals surface area contributed by atoms with E-state index in [-0.39, 0.29) is 6.04 Å². The second-order valence-electron chi connectivity index (χ2n) is 4.63. The zero-order chi connectivity index (χ0) is 12.8. The first-order valence-electron chi connectivity index (χ1n) is 6.03. The van der Waals surface area contributed by atoms with Gasteiger partial charge in [-0.3, -0.25) is 0 Å². The lowest BCUT2D eigenvalue weighted by atomic mass is 10.1. The average molecular weight is 237 g/mol. The Balaban J connectivity index is 2.85. The molecule has 0 fully saturated rings. The van der Waals surface area contributed by atoms with Crippen molar-refractivity contribution in [2.45, 2.75) is 26.8 Å². The second-order valence-corrected chi connectivity index (χ2v) is 4.63. The summed E-state index contributed by atoms with van der Waals surface area (Å²) in [6, 6.07) is 6.14. The van der Waals surface area contributed by atoms with Crippen LogP contribution in [-0.4, -0.2) is 20.8 Å². The molecule has 1 N–H and O–H groups in total. The van der Waals surface area contributed by atoms with E-state index in [9.17, 15) is 0 Å². The van der Waals surface area contributed by atoms with Crippen LogP contribution in [0, 0.1) is 5.92 Å². The molecule has 0 aliphatic heterocycles. The summed E-state index contributed by atoms with van der Waals surface area (Å²) in [5.74, 6) is 2.39. The first-order chi connectivity index (χ1) is 8.08. The van der Waals surface area contributed by atoms with Crippen LogP contribution < -0.4 is 14.8 Å². The van der Waals surface area contributed by atoms with Crippen LogP contribution in [0.1, 0.15) is 32.4 Å². The fraction of sp³-hybridized carbons (Fsp3) is 0.571. The van der Waals surface area contributed by atoms with Crippen LogP contribution in [-0.2, 0) is 0 Å². The average Bonchev–Trinajstić information content (AvgIpc) is 2.34. The third-order valence-electron chi connectivity index (χ3n) is 2.74. The molecule has 1 rings (SSSR count). The summed E-state index contributed by atoms with van der Waals surface area (Å²) in [4.78, 5) is 0. The van der Waals surface area contributed by atoms with Gasteiger partial charge in [0.2, 0.25) is 0 Å². The number of hydrogen-bond acceptors (Lipinski definition) is 3. The number of benzene rings is 1. The molecule has 3 heteroatoms. The van der Waals surface area contributed by atoms with Gasteiger partial charge in [0.15, 0.2) is 0 Å². The van der Waals surface area contributed by atoms with Crippen molar-refractivity contribution in [1.29, 1.82) is 0 Å². The van der Waals surface area contributed by atoms with E-state index < -0.39 is 0 Å². The van der Waals surface area contributed by atoms with Gasteiger partial charge >= 0.3 is 0 Å². The van der Waals surface area contributed by atoms with Crippen molar-refractivity contribution < 1.29 is 9.47 Å². The normalized spacial score (nSPS) is 12.6. The van der Waals surface area contributed by atoms with Gasteiger partial charge in [0.1, 0.15) is 11.5 Å². The summed E-state index contributed by atoms with van der Waals surface area (Å²) in [7, 11) is 3.37. The highest BCUT2D eigenvalue weighted by atomic mass is 16.5. The van der Waals surface area contributed by atoms with Gasteiger partial charge in [-0.1, -0.05) is 13.8 Å². The topological polar surface area (TPSA) is 30.5 Å². The molecule has 1 atom stereocenters. The van der Waals surface area contributed by atoms with Crippen LogP contribution in [0.5, 0.6) is 11.5 Å². The molecule has 0 radical (unpaired) electrons. The van der Waals surface area contributed by atoms with Crippen molar-refractivity contribution in [1.82, 2.24) is 5.32 Å². The molecule has 1 aromatic rings. The highest BCUT2D eigenvalue weighted by Crippen LogP contribution is 2.29. The van der Waals surface area contributed by atoms with Crippen LogP contribution in [0.4, 0.5) is 0 Å². The van der Waals surface area contributed by atoms with E-state index in [4.69, 9.17) is 9.47 Å². The Kier molecular flexibility index (Phi) is 5.29. The molecule has 0 saturated carbocycles. The molecule has 0 bridgehead atoms. The van der Waals surface area contributed by atoms with E-state index in [1.54, 1.807) is 14.2 Å². The summed E-state index contributed by atoms with van der Waals surface area (Å²) in [5, 5.41) is 3.49. The van der Waals surface area contributed by atoms with Crippen molar-refractivity contribution in [3.8, 4) is 11.5 Å². The van der Waals surface area contributed by atoms with E-state index in [2.05, 4.69) is 26.1 Å². The predicted octanol–water partition coefficient (Wildman–Crippen LogP) is 3.01. The predicted molar refractivity (Wildman–Crippen MR) is 70.8 cm³/mol. The zero-order valence-electron chi connectivity index (χ0n) is 11.4. The third-order valence-corrected chi connectivity index (χ3v) is 2.74. The number of rotatable bonds is 6. The Hall–Kier alpha value is -1.22. The molecule has 0 heterocycles. The van der Waals surface area contributed by atoms with Crippen LogP contribution in [0.25, 0.3) is 0 Å². The maximum atomic E-state index is 5.38. The van der Waals surface area contributed by atoms with E-state index in [1.807, 2.05) is 18.2 Å². The molecule has 0 aliphatic carbocycles. The standard InChI is InChI=1S/C14H23NO2/c1-10(2)9-15-11(3)13-8-12(16-4)6-7-14(13)17-5/h6-8,10-11,15H,9H2,1-5H3. The van der Waals surface area contributed by atoms with E-state index >= 15 is 0 Å². The number of methoxy groups -OCH3 is 2. The van der Waals surface area contributed by atoms with Crippen molar-refractivity contribution >= 4 is 0 Å². The Labute approximate surface area is 104 Å². The Morgan fingerprint density at radius 1 is 1.12 bits per heavy atom. The zero-order valence-corrected chi connectivity index (χ0v) is 11.4. The Morgan fingerprint density at radius 2 is 1.82 bits per heavy atom. The summed E-state index contributed by atoms with van der Waals surface area (Å²) in [6.45, 7) is 7.52. The second kappa shape index (κ2) is 6.50. The van der Waals surface area contributed by atoms with Crippen molar-refractivity contribution in [2.24, 2.45) is 5.92 Å². The molecule has 0 aliphatic rings. The van der Waals surface area contributed by atoms with Crippen LogP contribution >= 0.6 is 0 Å². The summed E-state index contributed by atoms with van der Waals surface area (Å²) >= 11 is 0. The van der Waals surface area contributed by atoms with Gasteiger partial charge in [0.05, 0.1) is 14.2 Å². The van der Waals surface area contributed by atoms with Gasteiger partial charge < -0.3 is 14.8 Å². The molecule has 17 heavy (non-hydrogen) atoms. The molecular weight excluding hydrogens is 214 g/mol. The summed E-state index contributed by atoms with van der Waals surface area (Å²) < 4.78 is 10.6. The largest absolute Gasteiger partial charge is 0.497 e. The van der Waals surface area contributed by atoms with Gasteiger partial charge in [0.25, 0.3) is 0 Å². The van der Waals surface area contributed by atoms with Gasteiger partial charge in [-0.05, 0) is 37.6 Å². The Bertz CT molecular complexity index is 350. The van der Waals surface area contributed by atoms with Gasteiger partial charge in [-0.15, -0.1) is 0 Å². The number of ether oxygens (including phenoxy) is 2. The Morgan fingerprint density at radius 3 is 2.35 bits per heavy atom. The SMILES string of the molecule is COc1ccc(OC)c(C(C)NCC(C)C)c1. The smallest absolute Gasteiger partial charge is 0.123 e. The van der Waals surface area contributed by atoms with E-state index in [1.165, 1.54) is 0 Å².